The van der Waals surface area contributed by atoms with Gasteiger partial charge in [0.1, 0.15) is 11.5 Å². The van der Waals surface area contributed by atoms with E-state index >= 15 is 0 Å². The predicted molar refractivity (Wildman–Crippen MR) is 83.6 cm³/mol. The minimum Gasteiger partial charge on any atom is -0.508 e. The average Bonchev–Trinajstić information content (AvgIpc) is 2.53. The number of rotatable bonds is 5. The third kappa shape index (κ3) is 3.01. The molecule has 2 aromatic carbocycles. The van der Waals surface area contributed by atoms with Crippen LogP contribution in [-0.2, 0) is 12.8 Å². The Morgan fingerprint density at radius 1 is 0.773 bits per heavy atom. The Labute approximate surface area is 129 Å². The normalized spacial score (nSPS) is 10.5. The van der Waals surface area contributed by atoms with Gasteiger partial charge in [-0.3, -0.25) is 9.59 Å². The van der Waals surface area contributed by atoms with E-state index in [1.807, 2.05) is 13.8 Å². The number of phenols is 2. The molecule has 0 aliphatic rings. The predicted octanol–water partition coefficient (Wildman–Crippen LogP) is 3.29. The summed E-state index contributed by atoms with van der Waals surface area (Å²) in [4.78, 5) is 25.0. The van der Waals surface area contributed by atoms with Crippen molar-refractivity contribution < 1.29 is 19.8 Å². The van der Waals surface area contributed by atoms with E-state index in [9.17, 15) is 19.8 Å². The van der Waals surface area contributed by atoms with Crippen LogP contribution >= 0.6 is 0 Å². The van der Waals surface area contributed by atoms with E-state index in [1.165, 1.54) is 36.4 Å². The van der Waals surface area contributed by atoms with Crippen LogP contribution < -0.4 is 0 Å². The smallest absolute Gasteiger partial charge is 0.233 e. The molecule has 4 heteroatoms. The van der Waals surface area contributed by atoms with E-state index in [2.05, 4.69) is 0 Å². The minimum absolute atomic E-state index is 0.0692. The first-order chi connectivity index (χ1) is 10.5. The largest absolute Gasteiger partial charge is 0.508 e. The van der Waals surface area contributed by atoms with Gasteiger partial charge < -0.3 is 10.2 Å². The Balaban J connectivity index is 2.44. The van der Waals surface area contributed by atoms with E-state index in [0.29, 0.717) is 35.1 Å². The van der Waals surface area contributed by atoms with Crippen LogP contribution in [0.25, 0.3) is 0 Å². The number of aryl methyl sites for hydroxylation is 2. The fraction of sp³-hybridized carbons (Fsp3) is 0.222. The number of benzene rings is 2. The van der Waals surface area contributed by atoms with Crippen LogP contribution in [0.1, 0.15) is 45.7 Å². The van der Waals surface area contributed by atoms with Gasteiger partial charge in [0.05, 0.1) is 0 Å². The van der Waals surface area contributed by atoms with Crippen LogP contribution in [0.3, 0.4) is 0 Å². The highest BCUT2D eigenvalue weighted by atomic mass is 16.3. The maximum absolute atomic E-state index is 12.5. The highest BCUT2D eigenvalue weighted by molar-refractivity contribution is 6.49. The average molecular weight is 298 g/mol. The molecule has 0 unspecified atom stereocenters. The molecule has 0 heterocycles. The van der Waals surface area contributed by atoms with Crippen molar-refractivity contribution in [1.82, 2.24) is 0 Å². The summed E-state index contributed by atoms with van der Waals surface area (Å²) in [5.74, 6) is -1.06. The van der Waals surface area contributed by atoms with Crippen molar-refractivity contribution in [2.24, 2.45) is 0 Å². The summed E-state index contributed by atoms with van der Waals surface area (Å²) in [6.45, 7) is 3.71. The number of Topliss-reactive ketones (excluding diaryl/α,β-unsaturated/α-hetero) is 2. The minimum atomic E-state index is -0.600. The van der Waals surface area contributed by atoms with Gasteiger partial charge in [0, 0.05) is 11.1 Å². The first-order valence-corrected chi connectivity index (χ1v) is 7.20. The van der Waals surface area contributed by atoms with Gasteiger partial charge in [-0.2, -0.15) is 0 Å². The zero-order valence-electron chi connectivity index (χ0n) is 12.6. The second-order valence-corrected chi connectivity index (χ2v) is 5.05. The molecule has 0 spiro atoms. The lowest BCUT2D eigenvalue weighted by molar-refractivity contribution is 0.0815. The van der Waals surface area contributed by atoms with Crippen LogP contribution in [0.5, 0.6) is 11.5 Å². The zero-order valence-corrected chi connectivity index (χ0v) is 12.6. The molecule has 0 atom stereocenters. The summed E-state index contributed by atoms with van der Waals surface area (Å²) in [5, 5.41) is 19.0. The fourth-order valence-electron chi connectivity index (χ4n) is 2.43. The molecule has 0 aliphatic heterocycles. The lowest BCUT2D eigenvalue weighted by Gasteiger charge is -2.10. The topological polar surface area (TPSA) is 74.6 Å². The van der Waals surface area contributed by atoms with E-state index < -0.39 is 11.6 Å². The van der Waals surface area contributed by atoms with Crippen LogP contribution in [0.15, 0.2) is 36.4 Å². The summed E-state index contributed by atoms with van der Waals surface area (Å²) in [5.41, 5.74) is 1.88. The van der Waals surface area contributed by atoms with E-state index in [-0.39, 0.29) is 11.5 Å². The molecule has 0 radical (unpaired) electrons. The van der Waals surface area contributed by atoms with Crippen molar-refractivity contribution in [2.45, 2.75) is 26.7 Å². The summed E-state index contributed by atoms with van der Waals surface area (Å²) >= 11 is 0. The monoisotopic (exact) mass is 298 g/mol. The van der Waals surface area contributed by atoms with Crippen molar-refractivity contribution in [3.63, 3.8) is 0 Å². The molecular weight excluding hydrogens is 280 g/mol. The summed E-state index contributed by atoms with van der Waals surface area (Å²) in [7, 11) is 0. The standard InChI is InChI=1S/C18H18O4/c1-3-11-9-13(19)5-7-15(11)17(21)18(22)16-8-6-14(20)10-12(16)4-2/h5-10,19-20H,3-4H2,1-2H3. The number of ketones is 2. The second-order valence-electron chi connectivity index (χ2n) is 5.05. The van der Waals surface area contributed by atoms with Crippen LogP contribution in [0.2, 0.25) is 0 Å². The maximum atomic E-state index is 12.5. The van der Waals surface area contributed by atoms with Crippen molar-refractivity contribution in [3.8, 4) is 11.5 Å². The van der Waals surface area contributed by atoms with Gasteiger partial charge in [-0.25, -0.2) is 0 Å². The van der Waals surface area contributed by atoms with Gasteiger partial charge >= 0.3 is 0 Å². The van der Waals surface area contributed by atoms with Gasteiger partial charge in [0.15, 0.2) is 0 Å². The Morgan fingerprint density at radius 2 is 1.14 bits per heavy atom. The molecule has 4 nitrogen and oxygen atoms in total. The highest BCUT2D eigenvalue weighted by Gasteiger charge is 2.23. The lowest BCUT2D eigenvalue weighted by atomic mass is 9.93. The van der Waals surface area contributed by atoms with Gasteiger partial charge in [0.2, 0.25) is 11.6 Å². The molecule has 0 fully saturated rings. The first-order valence-electron chi connectivity index (χ1n) is 7.20. The van der Waals surface area contributed by atoms with Crippen molar-refractivity contribution in [1.29, 1.82) is 0 Å². The molecule has 0 bridgehead atoms. The SMILES string of the molecule is CCc1cc(O)ccc1C(=O)C(=O)c1ccc(O)cc1CC. The van der Waals surface area contributed by atoms with Gasteiger partial charge in [-0.1, -0.05) is 13.8 Å². The van der Waals surface area contributed by atoms with Gasteiger partial charge in [-0.15, -0.1) is 0 Å². The van der Waals surface area contributed by atoms with E-state index in [1.54, 1.807) is 0 Å². The quantitative estimate of drug-likeness (QED) is 0.656. The molecule has 114 valence electrons. The number of carbonyl (C=O) groups excluding carboxylic acids is 2. The number of carbonyl (C=O) groups is 2. The molecular formula is C18H18O4. The first kappa shape index (κ1) is 15.8. The number of hydrogen-bond donors (Lipinski definition) is 2. The maximum Gasteiger partial charge on any atom is 0.233 e. The molecule has 0 saturated carbocycles. The molecule has 0 aliphatic carbocycles. The Kier molecular flexibility index (Phi) is 4.61. The third-order valence-electron chi connectivity index (χ3n) is 3.63. The Morgan fingerprint density at radius 3 is 1.45 bits per heavy atom. The second kappa shape index (κ2) is 6.43. The molecule has 2 aromatic rings. The van der Waals surface area contributed by atoms with E-state index in [0.717, 1.165) is 0 Å². The number of hydrogen-bond acceptors (Lipinski definition) is 4. The summed E-state index contributed by atoms with van der Waals surface area (Å²) in [6.07, 6.45) is 1.08. The molecule has 2 N–H and O–H groups in total. The number of aromatic hydroxyl groups is 2. The lowest BCUT2D eigenvalue weighted by Crippen LogP contribution is -2.17. The zero-order chi connectivity index (χ0) is 16.3. The number of phenolic OH excluding ortho intramolecular Hbond substituents is 2. The van der Waals surface area contributed by atoms with Gasteiger partial charge in [-0.05, 0) is 60.4 Å². The van der Waals surface area contributed by atoms with Crippen molar-refractivity contribution in [3.05, 3.63) is 58.7 Å². The van der Waals surface area contributed by atoms with Crippen LogP contribution in [0.4, 0.5) is 0 Å². The third-order valence-corrected chi connectivity index (χ3v) is 3.63. The van der Waals surface area contributed by atoms with Gasteiger partial charge in [0.25, 0.3) is 0 Å². The Hall–Kier alpha value is -2.62. The molecule has 0 aromatic heterocycles. The Bertz CT molecular complexity index is 668. The molecule has 0 amide bonds. The molecule has 0 saturated heterocycles. The summed E-state index contributed by atoms with van der Waals surface area (Å²) < 4.78 is 0. The molecule has 2 rings (SSSR count). The van der Waals surface area contributed by atoms with Crippen molar-refractivity contribution >= 4 is 11.6 Å². The van der Waals surface area contributed by atoms with Crippen molar-refractivity contribution in [2.75, 3.05) is 0 Å². The summed E-state index contributed by atoms with van der Waals surface area (Å²) in [6, 6.07) is 8.74. The van der Waals surface area contributed by atoms with Crippen LogP contribution in [-0.4, -0.2) is 21.8 Å². The highest BCUT2D eigenvalue weighted by Crippen LogP contribution is 2.22. The van der Waals surface area contributed by atoms with Crippen LogP contribution in [0, 0.1) is 0 Å². The molecule has 22 heavy (non-hydrogen) atoms. The fourth-order valence-corrected chi connectivity index (χ4v) is 2.43. The van der Waals surface area contributed by atoms with E-state index in [4.69, 9.17) is 0 Å².